The third kappa shape index (κ3) is 3.80. The number of nitrogens with zero attached hydrogens (tertiary/aromatic N) is 1. The molecule has 0 spiro atoms. The highest BCUT2D eigenvalue weighted by Gasteiger charge is 2.50. The number of benzene rings is 2. The Balaban J connectivity index is 1.48. The molecule has 0 radical (unpaired) electrons. The summed E-state index contributed by atoms with van der Waals surface area (Å²) in [5, 5.41) is 11.0. The lowest BCUT2D eigenvalue weighted by atomic mass is 9.92. The van der Waals surface area contributed by atoms with Crippen molar-refractivity contribution < 1.29 is 23.9 Å². The molecule has 1 saturated heterocycles. The summed E-state index contributed by atoms with van der Waals surface area (Å²) < 4.78 is 13.5. The smallest absolute Gasteiger partial charge is 0.266 e. The number of allylic oxidation sites excluding steroid dienone is 1. The lowest BCUT2D eigenvalue weighted by molar-refractivity contribution is -0.147. The van der Waals surface area contributed by atoms with Gasteiger partial charge in [-0.15, -0.1) is 0 Å². The normalized spacial score (nSPS) is 20.6. The van der Waals surface area contributed by atoms with Crippen LogP contribution in [0.15, 0.2) is 42.5 Å². The Labute approximate surface area is 177 Å². The number of aryl methyl sites for hydroxylation is 1. The molecule has 1 amide bonds. The Morgan fingerprint density at radius 3 is 2.73 bits per heavy atom. The summed E-state index contributed by atoms with van der Waals surface area (Å²) in [4.78, 5) is 38.5. The molecule has 0 unspecified atom stereocenters. The van der Waals surface area contributed by atoms with Crippen LogP contribution in [0.3, 0.4) is 0 Å². The van der Waals surface area contributed by atoms with E-state index in [4.69, 9.17) is 11.6 Å². The van der Waals surface area contributed by atoms with E-state index >= 15 is 0 Å². The average Bonchev–Trinajstić information content (AvgIpc) is 3.01. The molecule has 2 aliphatic rings. The van der Waals surface area contributed by atoms with Gasteiger partial charge in [0.2, 0.25) is 5.60 Å². The average molecular weight is 428 g/mol. The highest BCUT2D eigenvalue weighted by atomic mass is 35.5. The second-order valence-corrected chi connectivity index (χ2v) is 8.06. The second-order valence-electron chi connectivity index (χ2n) is 7.63. The van der Waals surface area contributed by atoms with Gasteiger partial charge >= 0.3 is 0 Å². The van der Waals surface area contributed by atoms with E-state index in [1.165, 1.54) is 23.1 Å². The molecule has 1 atom stereocenters. The molecule has 2 aromatic carbocycles. The van der Waals surface area contributed by atoms with Gasteiger partial charge in [-0.1, -0.05) is 23.7 Å². The van der Waals surface area contributed by atoms with Crippen molar-refractivity contribution in [3.8, 4) is 0 Å². The molecule has 30 heavy (non-hydrogen) atoms. The number of fused-ring (bicyclic) bond motifs is 1. The summed E-state index contributed by atoms with van der Waals surface area (Å²) >= 11 is 5.83. The molecule has 0 saturated carbocycles. The summed E-state index contributed by atoms with van der Waals surface area (Å²) in [6.07, 6.45) is 3.56. The van der Waals surface area contributed by atoms with Crippen molar-refractivity contribution in [3.63, 3.8) is 0 Å². The van der Waals surface area contributed by atoms with Crippen LogP contribution in [0.4, 0.5) is 10.1 Å². The number of hydrogen-bond donors (Lipinski definition) is 1. The summed E-state index contributed by atoms with van der Waals surface area (Å²) in [5.41, 5.74) is 0.704. The van der Waals surface area contributed by atoms with E-state index in [1.54, 1.807) is 30.3 Å². The molecule has 5 nitrogen and oxygen atoms in total. The Bertz CT molecular complexity index is 1080. The molecule has 1 aliphatic heterocycles. The van der Waals surface area contributed by atoms with E-state index < -0.39 is 23.1 Å². The zero-order valence-corrected chi connectivity index (χ0v) is 16.8. The standard InChI is InChI=1S/C23H19ClFNO4/c24-17-9-14(10-18(25)13-17)1-6-21(28)23(30)7-8-26(22(23)29)19-4-2-16-12-20(27)5-3-15(16)11-19/h2-5,9-11,13,30H,1,6-8,12H2/t23-/m1/s1. The van der Waals surface area contributed by atoms with E-state index in [0.717, 1.165) is 11.1 Å². The Morgan fingerprint density at radius 2 is 1.97 bits per heavy atom. The first-order valence-electron chi connectivity index (χ1n) is 9.63. The molecule has 7 heteroatoms. The second kappa shape index (κ2) is 7.78. The summed E-state index contributed by atoms with van der Waals surface area (Å²) in [6.45, 7) is 0.203. The third-order valence-corrected chi connectivity index (χ3v) is 5.79. The molecule has 0 aromatic heterocycles. The number of aliphatic hydroxyl groups is 1. The van der Waals surface area contributed by atoms with E-state index in [9.17, 15) is 23.9 Å². The quantitative estimate of drug-likeness (QED) is 0.743. The Hall–Kier alpha value is -2.83. The van der Waals surface area contributed by atoms with Crippen molar-refractivity contribution >= 4 is 40.8 Å². The van der Waals surface area contributed by atoms with Gasteiger partial charge < -0.3 is 10.0 Å². The summed E-state index contributed by atoms with van der Waals surface area (Å²) in [7, 11) is 0. The minimum absolute atomic E-state index is 0.0139. The SMILES string of the molecule is O=C1C=Cc2cc(N3CC[C@@](O)(C(=O)CCc4cc(F)cc(Cl)c4)C3=O)ccc2C1. The third-order valence-electron chi connectivity index (χ3n) is 5.58. The molecule has 1 aliphatic carbocycles. The van der Waals surface area contributed by atoms with Crippen molar-refractivity contribution in [2.24, 2.45) is 0 Å². The lowest BCUT2D eigenvalue weighted by Gasteiger charge is -2.22. The van der Waals surface area contributed by atoms with Gasteiger partial charge in [-0.2, -0.15) is 0 Å². The molecule has 154 valence electrons. The number of carbonyl (C=O) groups excluding carboxylic acids is 3. The summed E-state index contributed by atoms with van der Waals surface area (Å²) in [5.74, 6) is -1.75. The number of Topliss-reactive ketones (excluding diaryl/α,β-unsaturated/α-hetero) is 1. The minimum atomic E-state index is -2.10. The Morgan fingerprint density at radius 1 is 1.17 bits per heavy atom. The Kier molecular flexibility index (Phi) is 5.30. The van der Waals surface area contributed by atoms with Crippen molar-refractivity contribution in [2.75, 3.05) is 11.4 Å². The maximum atomic E-state index is 13.5. The van der Waals surface area contributed by atoms with Gasteiger partial charge in [0.15, 0.2) is 11.6 Å². The van der Waals surface area contributed by atoms with Gasteiger partial charge in [0.05, 0.1) is 0 Å². The first-order valence-corrected chi connectivity index (χ1v) is 10.0. The molecular weight excluding hydrogens is 409 g/mol. The maximum Gasteiger partial charge on any atom is 0.266 e. The first kappa shape index (κ1) is 20.4. The minimum Gasteiger partial charge on any atom is -0.373 e. The van der Waals surface area contributed by atoms with Crippen LogP contribution < -0.4 is 4.90 Å². The zero-order chi connectivity index (χ0) is 21.5. The molecule has 1 fully saturated rings. The van der Waals surface area contributed by atoms with Gasteiger partial charge in [-0.3, -0.25) is 14.4 Å². The fourth-order valence-corrected chi connectivity index (χ4v) is 4.17. The van der Waals surface area contributed by atoms with E-state index in [2.05, 4.69) is 0 Å². The van der Waals surface area contributed by atoms with E-state index in [1.807, 2.05) is 0 Å². The van der Waals surface area contributed by atoms with Crippen LogP contribution in [0.5, 0.6) is 0 Å². The molecule has 1 heterocycles. The predicted octanol–water partition coefficient (Wildman–Crippen LogP) is 3.29. The number of anilines is 1. The van der Waals surface area contributed by atoms with Crippen LogP contribution in [0, 0.1) is 5.82 Å². The fraction of sp³-hybridized carbons (Fsp3) is 0.261. The molecule has 0 bridgehead atoms. The van der Waals surface area contributed by atoms with Crippen LogP contribution >= 0.6 is 11.6 Å². The number of rotatable bonds is 5. The summed E-state index contributed by atoms with van der Waals surface area (Å²) in [6, 6.07) is 9.28. The first-order chi connectivity index (χ1) is 14.3. The molecule has 4 rings (SSSR count). The van der Waals surface area contributed by atoms with Crippen LogP contribution in [0.25, 0.3) is 6.08 Å². The van der Waals surface area contributed by atoms with Crippen molar-refractivity contribution in [1.82, 2.24) is 0 Å². The zero-order valence-electron chi connectivity index (χ0n) is 16.0. The number of halogens is 2. The monoisotopic (exact) mass is 427 g/mol. The van der Waals surface area contributed by atoms with Crippen molar-refractivity contribution in [3.05, 3.63) is 70.0 Å². The molecule has 1 N–H and O–H groups in total. The van der Waals surface area contributed by atoms with E-state index in [0.29, 0.717) is 17.7 Å². The van der Waals surface area contributed by atoms with Gasteiger partial charge in [0.1, 0.15) is 5.82 Å². The van der Waals surface area contributed by atoms with Gasteiger partial charge in [0, 0.05) is 36.5 Å². The fourth-order valence-electron chi connectivity index (χ4n) is 3.93. The van der Waals surface area contributed by atoms with Crippen LogP contribution in [-0.4, -0.2) is 34.7 Å². The number of carbonyl (C=O) groups is 3. The number of amides is 1. The largest absolute Gasteiger partial charge is 0.373 e. The van der Waals surface area contributed by atoms with Gasteiger partial charge in [-0.05, 0) is 59.5 Å². The van der Waals surface area contributed by atoms with Crippen molar-refractivity contribution in [2.45, 2.75) is 31.3 Å². The van der Waals surface area contributed by atoms with Crippen LogP contribution in [0.1, 0.15) is 29.5 Å². The highest BCUT2D eigenvalue weighted by molar-refractivity contribution is 6.30. The molecular formula is C23H19ClFNO4. The molecule has 2 aromatic rings. The van der Waals surface area contributed by atoms with Crippen molar-refractivity contribution in [1.29, 1.82) is 0 Å². The van der Waals surface area contributed by atoms with Crippen LogP contribution in [0.2, 0.25) is 5.02 Å². The number of hydrogen-bond acceptors (Lipinski definition) is 4. The lowest BCUT2D eigenvalue weighted by Crippen LogP contribution is -2.47. The van der Waals surface area contributed by atoms with E-state index in [-0.39, 0.29) is 36.6 Å². The highest BCUT2D eigenvalue weighted by Crippen LogP contribution is 2.32. The number of ketones is 2. The predicted molar refractivity (Wildman–Crippen MR) is 111 cm³/mol. The van der Waals surface area contributed by atoms with Gasteiger partial charge in [0.25, 0.3) is 5.91 Å². The topological polar surface area (TPSA) is 74.7 Å². The maximum absolute atomic E-state index is 13.5. The van der Waals surface area contributed by atoms with Gasteiger partial charge in [-0.25, -0.2) is 4.39 Å². The van der Waals surface area contributed by atoms with Crippen LogP contribution in [-0.2, 0) is 27.2 Å².